The fourth-order valence-electron chi connectivity index (χ4n) is 3.96. The van der Waals surface area contributed by atoms with Crippen LogP contribution in [0.15, 0.2) is 30.3 Å². The normalized spacial score (nSPS) is 20.0. The molecule has 2 aliphatic rings. The third-order valence-corrected chi connectivity index (χ3v) is 6.83. The van der Waals surface area contributed by atoms with Crippen molar-refractivity contribution in [1.29, 1.82) is 0 Å². The molecule has 152 valence electrons. The number of nitrogens with zero attached hydrogens (tertiary/aromatic N) is 3. The van der Waals surface area contributed by atoms with E-state index in [9.17, 15) is 4.79 Å². The van der Waals surface area contributed by atoms with Gasteiger partial charge in [0, 0.05) is 41.8 Å². The van der Waals surface area contributed by atoms with E-state index in [0.29, 0.717) is 24.8 Å². The molecule has 4 heterocycles. The Morgan fingerprint density at radius 3 is 3.14 bits per heavy atom. The number of para-hydroxylation sites is 1. The lowest BCUT2D eigenvalue weighted by atomic mass is 10.1. The number of carbonyl (C=O) groups is 1. The van der Waals surface area contributed by atoms with E-state index in [-0.39, 0.29) is 5.91 Å². The lowest BCUT2D eigenvalue weighted by Gasteiger charge is -2.32. The van der Waals surface area contributed by atoms with E-state index in [2.05, 4.69) is 22.2 Å². The van der Waals surface area contributed by atoms with Crippen molar-refractivity contribution in [2.24, 2.45) is 0 Å². The molecule has 1 atom stereocenters. The van der Waals surface area contributed by atoms with Crippen LogP contribution < -0.4 is 5.32 Å². The maximum atomic E-state index is 13.0. The highest BCUT2D eigenvalue weighted by Gasteiger charge is 2.26. The Kier molecular flexibility index (Phi) is 4.99. The summed E-state index contributed by atoms with van der Waals surface area (Å²) in [5.74, 6) is 0.0516. The molecule has 1 fully saturated rings. The zero-order valence-electron chi connectivity index (χ0n) is 16.5. The highest BCUT2D eigenvalue weighted by Crippen LogP contribution is 2.29. The fourth-order valence-corrected chi connectivity index (χ4v) is 4.99. The molecule has 2 aromatic heterocycles. The second-order valence-electron chi connectivity index (χ2n) is 7.73. The number of benzene rings is 1. The van der Waals surface area contributed by atoms with Gasteiger partial charge in [-0.1, -0.05) is 29.5 Å². The molecular formula is C21H25N5O2S. The van der Waals surface area contributed by atoms with E-state index in [0.717, 1.165) is 54.5 Å². The summed E-state index contributed by atoms with van der Waals surface area (Å²) in [5, 5.41) is 5.47. The summed E-state index contributed by atoms with van der Waals surface area (Å²) >= 11 is 1.66. The van der Waals surface area contributed by atoms with Gasteiger partial charge in [-0.05, 0) is 19.2 Å². The van der Waals surface area contributed by atoms with Gasteiger partial charge in [0.1, 0.15) is 5.69 Å². The van der Waals surface area contributed by atoms with Gasteiger partial charge in [-0.2, -0.15) is 0 Å². The van der Waals surface area contributed by atoms with Crippen LogP contribution in [0.2, 0.25) is 0 Å². The summed E-state index contributed by atoms with van der Waals surface area (Å²) in [4.78, 5) is 26.4. The molecule has 1 amide bonds. The number of hydrogen-bond donors (Lipinski definition) is 2. The molecule has 8 heteroatoms. The van der Waals surface area contributed by atoms with Crippen LogP contribution in [0.5, 0.6) is 0 Å². The van der Waals surface area contributed by atoms with E-state index < -0.39 is 0 Å². The van der Waals surface area contributed by atoms with E-state index in [1.54, 1.807) is 11.3 Å². The average molecular weight is 412 g/mol. The molecular weight excluding hydrogens is 386 g/mol. The SMILES string of the molecule is CN1CCOCC1CNc1nc2c(s1)CN(C(=O)c1cc3ccccc3[nH]1)CC2. The monoisotopic (exact) mass is 411 g/mol. The van der Waals surface area contributed by atoms with Gasteiger partial charge in [-0.15, -0.1) is 0 Å². The van der Waals surface area contributed by atoms with E-state index in [4.69, 9.17) is 9.72 Å². The van der Waals surface area contributed by atoms with Gasteiger partial charge in [0.25, 0.3) is 5.91 Å². The number of thiazole rings is 1. The summed E-state index contributed by atoms with van der Waals surface area (Å²) in [6.07, 6.45) is 0.798. The van der Waals surface area contributed by atoms with Crippen LogP contribution in [0, 0.1) is 0 Å². The first-order valence-electron chi connectivity index (χ1n) is 10.0. The predicted molar refractivity (Wildman–Crippen MR) is 115 cm³/mol. The minimum atomic E-state index is 0.0516. The van der Waals surface area contributed by atoms with Gasteiger partial charge in [-0.3, -0.25) is 9.69 Å². The summed E-state index contributed by atoms with van der Waals surface area (Å²) < 4.78 is 5.58. The Morgan fingerprint density at radius 1 is 1.38 bits per heavy atom. The van der Waals surface area contributed by atoms with Crippen molar-refractivity contribution >= 4 is 33.3 Å². The Hall–Kier alpha value is -2.42. The number of aromatic nitrogens is 2. The lowest BCUT2D eigenvalue weighted by Crippen LogP contribution is -2.46. The molecule has 0 saturated carbocycles. The number of ether oxygens (including phenoxy) is 1. The van der Waals surface area contributed by atoms with Crippen molar-refractivity contribution in [2.75, 3.05) is 45.2 Å². The minimum absolute atomic E-state index is 0.0516. The van der Waals surface area contributed by atoms with Gasteiger partial charge < -0.3 is 19.9 Å². The van der Waals surface area contributed by atoms with Crippen molar-refractivity contribution < 1.29 is 9.53 Å². The number of nitrogens with one attached hydrogen (secondary N) is 2. The Balaban J connectivity index is 1.25. The molecule has 0 spiro atoms. The summed E-state index contributed by atoms with van der Waals surface area (Å²) in [6.45, 7) is 4.66. The van der Waals surface area contributed by atoms with Crippen molar-refractivity contribution in [3.05, 3.63) is 46.6 Å². The number of hydrogen-bond acceptors (Lipinski definition) is 6. The Labute approximate surface area is 173 Å². The number of H-pyrrole nitrogens is 1. The maximum absolute atomic E-state index is 13.0. The molecule has 0 radical (unpaired) electrons. The minimum Gasteiger partial charge on any atom is -0.378 e. The molecule has 1 unspecified atom stereocenters. The lowest BCUT2D eigenvalue weighted by molar-refractivity contribution is 0.0110. The molecule has 29 heavy (non-hydrogen) atoms. The van der Waals surface area contributed by atoms with Crippen LogP contribution in [0.25, 0.3) is 10.9 Å². The molecule has 2 N–H and O–H groups in total. The molecule has 0 bridgehead atoms. The predicted octanol–water partition coefficient (Wildman–Crippen LogP) is 2.57. The number of fused-ring (bicyclic) bond motifs is 2. The van der Waals surface area contributed by atoms with Crippen molar-refractivity contribution in [2.45, 2.75) is 19.0 Å². The number of anilines is 1. The largest absolute Gasteiger partial charge is 0.378 e. The Morgan fingerprint density at radius 2 is 2.28 bits per heavy atom. The van der Waals surface area contributed by atoms with Crippen LogP contribution in [0.4, 0.5) is 5.13 Å². The van der Waals surface area contributed by atoms with Crippen molar-refractivity contribution in [3.8, 4) is 0 Å². The number of rotatable bonds is 4. The third-order valence-electron chi connectivity index (χ3n) is 5.79. The van der Waals surface area contributed by atoms with Gasteiger partial charge in [0.05, 0.1) is 31.5 Å². The van der Waals surface area contributed by atoms with Gasteiger partial charge in [0.2, 0.25) is 0 Å². The standard InChI is InChI=1S/C21H25N5O2S/c1-25-8-9-28-13-15(25)11-22-21-24-17-6-7-26(12-19(17)29-21)20(27)18-10-14-4-2-3-5-16(14)23-18/h2-5,10,15,23H,6-9,11-13H2,1H3,(H,22,24). The van der Waals surface area contributed by atoms with Crippen LogP contribution in [-0.4, -0.2) is 71.6 Å². The number of likely N-dealkylation sites (N-methyl/N-ethyl adjacent to an activating group) is 1. The quantitative estimate of drug-likeness (QED) is 0.690. The van der Waals surface area contributed by atoms with Gasteiger partial charge in [-0.25, -0.2) is 4.98 Å². The van der Waals surface area contributed by atoms with E-state index >= 15 is 0 Å². The van der Waals surface area contributed by atoms with E-state index in [1.165, 1.54) is 4.88 Å². The van der Waals surface area contributed by atoms with Crippen molar-refractivity contribution in [3.63, 3.8) is 0 Å². The maximum Gasteiger partial charge on any atom is 0.270 e. The molecule has 2 aliphatic heterocycles. The zero-order valence-corrected chi connectivity index (χ0v) is 17.3. The van der Waals surface area contributed by atoms with Crippen LogP contribution in [-0.2, 0) is 17.7 Å². The Bertz CT molecular complexity index is 996. The van der Waals surface area contributed by atoms with Crippen molar-refractivity contribution in [1.82, 2.24) is 19.8 Å². The van der Waals surface area contributed by atoms with Crippen LogP contribution in [0.3, 0.4) is 0 Å². The molecule has 1 saturated heterocycles. The van der Waals surface area contributed by atoms with Gasteiger partial charge >= 0.3 is 0 Å². The number of morpholine rings is 1. The smallest absolute Gasteiger partial charge is 0.270 e. The highest BCUT2D eigenvalue weighted by atomic mass is 32.1. The number of carbonyl (C=O) groups excluding carboxylic acids is 1. The molecule has 1 aromatic carbocycles. The average Bonchev–Trinajstić information content (AvgIpc) is 3.35. The molecule has 3 aromatic rings. The second kappa shape index (κ2) is 7.78. The first-order valence-corrected chi connectivity index (χ1v) is 10.9. The van der Waals surface area contributed by atoms with Gasteiger partial charge in [0.15, 0.2) is 5.13 Å². The third kappa shape index (κ3) is 3.75. The molecule has 5 rings (SSSR count). The van der Waals surface area contributed by atoms with E-state index in [1.807, 2.05) is 35.2 Å². The first-order chi connectivity index (χ1) is 14.2. The summed E-state index contributed by atoms with van der Waals surface area (Å²) in [5.41, 5.74) is 2.76. The second-order valence-corrected chi connectivity index (χ2v) is 8.81. The van der Waals surface area contributed by atoms with Crippen LogP contribution >= 0.6 is 11.3 Å². The number of amides is 1. The number of aromatic amines is 1. The first kappa shape index (κ1) is 18.6. The molecule has 0 aliphatic carbocycles. The highest BCUT2D eigenvalue weighted by molar-refractivity contribution is 7.15. The topological polar surface area (TPSA) is 73.5 Å². The zero-order chi connectivity index (χ0) is 19.8. The summed E-state index contributed by atoms with van der Waals surface area (Å²) in [7, 11) is 2.13. The fraction of sp³-hybridized carbons (Fsp3) is 0.429. The summed E-state index contributed by atoms with van der Waals surface area (Å²) in [6, 6.07) is 10.3. The molecule has 7 nitrogen and oxygen atoms in total. The van der Waals surface area contributed by atoms with Crippen LogP contribution in [0.1, 0.15) is 21.1 Å².